The van der Waals surface area contributed by atoms with Gasteiger partial charge in [-0.1, -0.05) is 13.3 Å². The van der Waals surface area contributed by atoms with Crippen LogP contribution in [0.15, 0.2) is 18.3 Å². The molecule has 0 spiro atoms. The van der Waals surface area contributed by atoms with Gasteiger partial charge in [-0.15, -0.1) is 0 Å². The minimum Gasteiger partial charge on any atom is -0.373 e. The summed E-state index contributed by atoms with van der Waals surface area (Å²) in [5.74, 6) is 0.713. The van der Waals surface area contributed by atoms with Crippen LogP contribution in [0.2, 0.25) is 0 Å². The molecule has 1 fully saturated rings. The molecule has 1 heterocycles. The Kier molecular flexibility index (Phi) is 3.84. The molecule has 2 rings (SSSR count). The van der Waals surface area contributed by atoms with Crippen molar-refractivity contribution >= 4 is 11.7 Å². The van der Waals surface area contributed by atoms with E-state index in [0.29, 0.717) is 11.0 Å². The van der Waals surface area contributed by atoms with Crippen molar-refractivity contribution in [2.45, 2.75) is 32.6 Å². The minimum absolute atomic E-state index is 0.00590. The van der Waals surface area contributed by atoms with Crippen LogP contribution >= 0.6 is 0 Å². The fourth-order valence-corrected chi connectivity index (χ4v) is 2.41. The third-order valence-corrected chi connectivity index (χ3v) is 4.07. The Bertz CT molecular complexity index is 421. The first-order chi connectivity index (χ1) is 8.69. The molecule has 0 unspecified atom stereocenters. The van der Waals surface area contributed by atoms with Gasteiger partial charge in [0.05, 0.1) is 0 Å². The molecule has 0 saturated heterocycles. The summed E-state index contributed by atoms with van der Waals surface area (Å²) in [6.45, 7) is 3.00. The monoisotopic (exact) mass is 247 g/mol. The number of amides is 1. The molecular formula is C14H21N3O. The predicted molar refractivity (Wildman–Crippen MR) is 72.7 cm³/mol. The molecule has 18 heavy (non-hydrogen) atoms. The molecule has 1 aliphatic carbocycles. The lowest BCUT2D eigenvalue weighted by Crippen LogP contribution is -2.41. The average Bonchev–Trinajstić information content (AvgIpc) is 2.38. The largest absolute Gasteiger partial charge is 0.373 e. The molecule has 0 bridgehead atoms. The van der Waals surface area contributed by atoms with E-state index in [1.54, 1.807) is 25.4 Å². The average molecular weight is 247 g/mol. The van der Waals surface area contributed by atoms with Crippen molar-refractivity contribution in [2.24, 2.45) is 5.41 Å². The number of hydrogen-bond acceptors (Lipinski definition) is 3. The van der Waals surface area contributed by atoms with Gasteiger partial charge in [0.15, 0.2) is 0 Å². The number of rotatable bonds is 5. The molecule has 0 radical (unpaired) electrons. The van der Waals surface area contributed by atoms with E-state index < -0.39 is 0 Å². The van der Waals surface area contributed by atoms with Gasteiger partial charge in [-0.25, -0.2) is 4.98 Å². The van der Waals surface area contributed by atoms with Crippen LogP contribution in [0, 0.1) is 5.41 Å². The maximum absolute atomic E-state index is 12.0. The number of nitrogens with zero attached hydrogens (tertiary/aromatic N) is 1. The molecule has 0 aliphatic heterocycles. The number of carbonyl (C=O) groups is 1. The molecule has 4 nitrogen and oxygen atoms in total. The van der Waals surface area contributed by atoms with Gasteiger partial charge in [0.1, 0.15) is 5.82 Å². The van der Waals surface area contributed by atoms with Gasteiger partial charge < -0.3 is 10.6 Å². The molecule has 0 aromatic carbocycles. The minimum atomic E-state index is -0.00590. The SMILES string of the molecule is CCC1(CNC(=O)c2ccnc(NC)c2)CCC1. The van der Waals surface area contributed by atoms with Crippen LogP contribution in [0.4, 0.5) is 5.82 Å². The van der Waals surface area contributed by atoms with Crippen LogP contribution in [0.3, 0.4) is 0 Å². The highest BCUT2D eigenvalue weighted by Crippen LogP contribution is 2.43. The van der Waals surface area contributed by atoms with Crippen LogP contribution < -0.4 is 10.6 Å². The fourth-order valence-electron chi connectivity index (χ4n) is 2.41. The quantitative estimate of drug-likeness (QED) is 0.840. The van der Waals surface area contributed by atoms with E-state index in [-0.39, 0.29) is 5.91 Å². The number of hydrogen-bond donors (Lipinski definition) is 2. The second-order valence-corrected chi connectivity index (χ2v) is 5.07. The summed E-state index contributed by atoms with van der Waals surface area (Å²) >= 11 is 0. The van der Waals surface area contributed by atoms with E-state index in [0.717, 1.165) is 18.8 Å². The lowest BCUT2D eigenvalue weighted by molar-refractivity contribution is 0.0850. The first-order valence-corrected chi connectivity index (χ1v) is 6.61. The van der Waals surface area contributed by atoms with Crippen LogP contribution in [-0.4, -0.2) is 24.5 Å². The van der Waals surface area contributed by atoms with Gasteiger partial charge >= 0.3 is 0 Å². The highest BCUT2D eigenvalue weighted by atomic mass is 16.1. The number of anilines is 1. The molecular weight excluding hydrogens is 226 g/mol. The van der Waals surface area contributed by atoms with Crippen molar-refractivity contribution in [1.29, 1.82) is 0 Å². The zero-order valence-corrected chi connectivity index (χ0v) is 11.1. The lowest BCUT2D eigenvalue weighted by atomic mass is 9.67. The van der Waals surface area contributed by atoms with Gasteiger partial charge in [0, 0.05) is 25.4 Å². The summed E-state index contributed by atoms with van der Waals surface area (Å²) in [7, 11) is 1.80. The highest BCUT2D eigenvalue weighted by Gasteiger charge is 2.35. The van der Waals surface area contributed by atoms with Crippen LogP contribution in [0.5, 0.6) is 0 Å². The molecule has 1 aliphatic rings. The Morgan fingerprint density at radius 3 is 2.83 bits per heavy atom. The van der Waals surface area contributed by atoms with Crippen LogP contribution in [-0.2, 0) is 0 Å². The van der Waals surface area contributed by atoms with Gasteiger partial charge in [-0.05, 0) is 36.8 Å². The van der Waals surface area contributed by atoms with E-state index in [1.165, 1.54) is 19.3 Å². The summed E-state index contributed by atoms with van der Waals surface area (Å²) < 4.78 is 0. The van der Waals surface area contributed by atoms with Gasteiger partial charge in [0.2, 0.25) is 0 Å². The lowest BCUT2D eigenvalue weighted by Gasteiger charge is -2.41. The third kappa shape index (κ3) is 2.63. The zero-order valence-electron chi connectivity index (χ0n) is 11.1. The standard InChI is InChI=1S/C14H21N3O/c1-3-14(6-4-7-14)10-17-13(18)11-5-8-16-12(9-11)15-2/h5,8-9H,3-4,6-7,10H2,1-2H3,(H,15,16)(H,17,18). The maximum Gasteiger partial charge on any atom is 0.251 e. The van der Waals surface area contributed by atoms with Crippen molar-refractivity contribution in [2.75, 3.05) is 18.9 Å². The van der Waals surface area contributed by atoms with E-state index >= 15 is 0 Å². The second-order valence-electron chi connectivity index (χ2n) is 5.07. The van der Waals surface area contributed by atoms with Crippen molar-refractivity contribution in [3.8, 4) is 0 Å². The number of pyridine rings is 1. The van der Waals surface area contributed by atoms with Crippen molar-refractivity contribution in [1.82, 2.24) is 10.3 Å². The maximum atomic E-state index is 12.0. The molecule has 4 heteroatoms. The molecule has 2 N–H and O–H groups in total. The van der Waals surface area contributed by atoms with Crippen LogP contribution in [0.1, 0.15) is 43.0 Å². The summed E-state index contributed by atoms with van der Waals surface area (Å²) in [5.41, 5.74) is 1.02. The van der Waals surface area contributed by atoms with Gasteiger partial charge in [0.25, 0.3) is 5.91 Å². The van der Waals surface area contributed by atoms with E-state index in [9.17, 15) is 4.79 Å². The Hall–Kier alpha value is -1.58. The molecule has 1 amide bonds. The second kappa shape index (κ2) is 5.38. The smallest absolute Gasteiger partial charge is 0.251 e. The van der Waals surface area contributed by atoms with E-state index in [4.69, 9.17) is 0 Å². The van der Waals surface area contributed by atoms with Crippen LogP contribution in [0.25, 0.3) is 0 Å². The predicted octanol–water partition coefficient (Wildman–Crippen LogP) is 2.43. The summed E-state index contributed by atoms with van der Waals surface area (Å²) in [5, 5.41) is 5.99. The number of nitrogens with one attached hydrogen (secondary N) is 2. The first-order valence-electron chi connectivity index (χ1n) is 6.61. The Balaban J connectivity index is 1.95. The van der Waals surface area contributed by atoms with Gasteiger partial charge in [-0.3, -0.25) is 4.79 Å². The topological polar surface area (TPSA) is 54.0 Å². The molecule has 98 valence electrons. The summed E-state index contributed by atoms with van der Waals surface area (Å²) in [6.07, 6.45) is 6.57. The number of carbonyl (C=O) groups excluding carboxylic acids is 1. The Labute approximate surface area is 108 Å². The normalized spacial score (nSPS) is 16.8. The zero-order chi connectivity index (χ0) is 13.0. The fraction of sp³-hybridized carbons (Fsp3) is 0.571. The van der Waals surface area contributed by atoms with E-state index in [1.807, 2.05) is 0 Å². The summed E-state index contributed by atoms with van der Waals surface area (Å²) in [6, 6.07) is 3.52. The number of aromatic nitrogens is 1. The van der Waals surface area contributed by atoms with Crippen molar-refractivity contribution in [3.05, 3.63) is 23.9 Å². The highest BCUT2D eigenvalue weighted by molar-refractivity contribution is 5.94. The Morgan fingerprint density at radius 2 is 2.28 bits per heavy atom. The first kappa shape index (κ1) is 12.9. The van der Waals surface area contributed by atoms with Crippen molar-refractivity contribution < 1.29 is 4.79 Å². The van der Waals surface area contributed by atoms with Crippen molar-refractivity contribution in [3.63, 3.8) is 0 Å². The molecule has 1 aromatic heterocycles. The molecule has 1 aromatic rings. The Morgan fingerprint density at radius 1 is 1.50 bits per heavy atom. The molecule has 0 atom stereocenters. The summed E-state index contributed by atoms with van der Waals surface area (Å²) in [4.78, 5) is 16.2. The third-order valence-electron chi connectivity index (χ3n) is 4.07. The van der Waals surface area contributed by atoms with E-state index in [2.05, 4.69) is 22.5 Å². The van der Waals surface area contributed by atoms with Gasteiger partial charge in [-0.2, -0.15) is 0 Å². The molecule has 1 saturated carbocycles.